The first-order valence-electron chi connectivity index (χ1n) is 8.86. The number of ether oxygens (including phenoxy) is 2. The third kappa shape index (κ3) is 2.56. The van der Waals surface area contributed by atoms with E-state index in [9.17, 15) is 4.79 Å². The van der Waals surface area contributed by atoms with Crippen LogP contribution in [0.2, 0.25) is 0 Å². The maximum Gasteiger partial charge on any atom is 0.176 e. The van der Waals surface area contributed by atoms with Gasteiger partial charge in [0, 0.05) is 11.5 Å². The van der Waals surface area contributed by atoms with Gasteiger partial charge in [0.2, 0.25) is 0 Å². The summed E-state index contributed by atoms with van der Waals surface area (Å²) >= 11 is 0. The lowest BCUT2D eigenvalue weighted by atomic mass is 9.48. The summed E-state index contributed by atoms with van der Waals surface area (Å²) in [6, 6.07) is 7.17. The summed E-state index contributed by atoms with van der Waals surface area (Å²) in [5.41, 5.74) is 0.350. The van der Waals surface area contributed by atoms with E-state index in [-0.39, 0.29) is 17.8 Å². The Labute approximate surface area is 142 Å². The van der Waals surface area contributed by atoms with E-state index < -0.39 is 0 Å². The fraction of sp³-hybridized carbons (Fsp3) is 0.600. The minimum atomic E-state index is -0.120. The number of hydrogen-bond acceptors (Lipinski definition) is 4. The third-order valence-electron chi connectivity index (χ3n) is 6.29. The fourth-order valence-corrected chi connectivity index (χ4v) is 5.61. The Morgan fingerprint density at radius 2 is 1.83 bits per heavy atom. The molecule has 0 N–H and O–H groups in total. The number of carbonyl (C=O) groups excluding carboxylic acids is 1. The zero-order valence-electron chi connectivity index (χ0n) is 14.1. The minimum Gasteiger partial charge on any atom is -0.495 e. The Kier molecular flexibility index (Phi) is 3.75. The Balaban J connectivity index is 1.45. The van der Waals surface area contributed by atoms with Crippen molar-refractivity contribution in [3.8, 4) is 17.6 Å². The SMILES string of the molecule is COc1cc(OCC(=O)C23CC4CC(CC(C4)C2)C3)ccc1C#N. The summed E-state index contributed by atoms with van der Waals surface area (Å²) in [6.45, 7) is 0.126. The predicted octanol–water partition coefficient (Wildman–Crippen LogP) is 3.73. The molecule has 1 aromatic rings. The van der Waals surface area contributed by atoms with E-state index in [1.807, 2.05) is 0 Å². The number of nitriles is 1. The quantitative estimate of drug-likeness (QED) is 0.827. The molecule has 0 radical (unpaired) electrons. The second kappa shape index (κ2) is 5.81. The summed E-state index contributed by atoms with van der Waals surface area (Å²) in [4.78, 5) is 12.9. The second-order valence-corrected chi connectivity index (χ2v) is 7.88. The summed E-state index contributed by atoms with van der Waals surface area (Å²) < 4.78 is 11.0. The molecule has 4 aliphatic carbocycles. The highest BCUT2D eigenvalue weighted by Gasteiger charge is 2.54. The van der Waals surface area contributed by atoms with Gasteiger partial charge in [-0.3, -0.25) is 4.79 Å². The lowest BCUT2D eigenvalue weighted by molar-refractivity contribution is -0.145. The van der Waals surface area contributed by atoms with Crippen LogP contribution in [0.5, 0.6) is 11.5 Å². The molecule has 1 aromatic carbocycles. The number of rotatable bonds is 5. The topological polar surface area (TPSA) is 59.3 Å². The van der Waals surface area contributed by atoms with Gasteiger partial charge >= 0.3 is 0 Å². The standard InChI is InChI=1S/C20H23NO3/c1-23-18-7-17(3-2-16(18)11-21)24-12-19(22)20-8-13-4-14(9-20)6-15(5-13)10-20/h2-3,7,13-15H,4-6,8-10,12H2,1H3. The maximum absolute atomic E-state index is 12.9. The van der Waals surface area contributed by atoms with Gasteiger partial charge in [0.25, 0.3) is 0 Å². The molecular weight excluding hydrogens is 302 g/mol. The summed E-state index contributed by atoms with van der Waals surface area (Å²) in [5, 5.41) is 9.03. The normalized spacial score (nSPS) is 33.1. The van der Waals surface area contributed by atoms with Gasteiger partial charge in [-0.05, 0) is 68.4 Å². The van der Waals surface area contributed by atoms with Crippen LogP contribution < -0.4 is 9.47 Å². The molecule has 126 valence electrons. The Bertz CT molecular complexity index is 668. The van der Waals surface area contributed by atoms with Crippen molar-refractivity contribution in [2.45, 2.75) is 38.5 Å². The zero-order chi connectivity index (χ0) is 16.7. The molecule has 4 saturated carbocycles. The first-order valence-corrected chi connectivity index (χ1v) is 8.86. The molecule has 0 aromatic heterocycles. The first-order chi connectivity index (χ1) is 11.6. The largest absolute Gasteiger partial charge is 0.495 e. The van der Waals surface area contributed by atoms with E-state index in [4.69, 9.17) is 14.7 Å². The molecule has 0 atom stereocenters. The molecule has 4 bridgehead atoms. The van der Waals surface area contributed by atoms with Crippen LogP contribution in [0.4, 0.5) is 0 Å². The molecule has 0 aliphatic heterocycles. The van der Waals surface area contributed by atoms with Gasteiger partial charge in [-0.15, -0.1) is 0 Å². The number of Topliss-reactive ketones (excluding diaryl/α,β-unsaturated/α-hetero) is 1. The molecule has 4 aliphatic rings. The van der Waals surface area contributed by atoms with Crippen LogP contribution >= 0.6 is 0 Å². The van der Waals surface area contributed by atoms with E-state index in [2.05, 4.69) is 6.07 Å². The van der Waals surface area contributed by atoms with Crippen molar-refractivity contribution in [2.24, 2.45) is 23.2 Å². The summed E-state index contributed by atoms with van der Waals surface area (Å²) in [6.07, 6.45) is 7.20. The number of nitrogens with zero attached hydrogens (tertiary/aromatic N) is 1. The molecule has 0 unspecified atom stereocenters. The number of carbonyl (C=O) groups is 1. The Morgan fingerprint density at radius 1 is 1.21 bits per heavy atom. The van der Waals surface area contributed by atoms with E-state index in [1.165, 1.54) is 26.4 Å². The third-order valence-corrected chi connectivity index (χ3v) is 6.29. The van der Waals surface area contributed by atoms with Crippen molar-refractivity contribution in [3.05, 3.63) is 23.8 Å². The Hall–Kier alpha value is -2.02. The van der Waals surface area contributed by atoms with E-state index in [0.717, 1.165) is 37.0 Å². The molecule has 4 nitrogen and oxygen atoms in total. The maximum atomic E-state index is 12.9. The van der Waals surface area contributed by atoms with Gasteiger partial charge in [0.15, 0.2) is 5.78 Å². The van der Waals surface area contributed by atoms with Crippen molar-refractivity contribution >= 4 is 5.78 Å². The van der Waals surface area contributed by atoms with Crippen molar-refractivity contribution in [3.63, 3.8) is 0 Å². The van der Waals surface area contributed by atoms with Crippen molar-refractivity contribution in [1.29, 1.82) is 5.26 Å². The predicted molar refractivity (Wildman–Crippen MR) is 88.8 cm³/mol. The van der Waals surface area contributed by atoms with Gasteiger partial charge in [-0.2, -0.15) is 5.26 Å². The molecule has 0 saturated heterocycles. The fourth-order valence-electron chi connectivity index (χ4n) is 5.61. The smallest absolute Gasteiger partial charge is 0.176 e. The molecule has 0 heterocycles. The molecule has 4 heteroatoms. The molecule has 0 spiro atoms. The van der Waals surface area contributed by atoms with Crippen LogP contribution in [-0.2, 0) is 4.79 Å². The average molecular weight is 325 g/mol. The van der Waals surface area contributed by atoms with E-state index >= 15 is 0 Å². The van der Waals surface area contributed by atoms with Crippen LogP contribution in [0, 0.1) is 34.5 Å². The van der Waals surface area contributed by atoms with Crippen LogP contribution in [-0.4, -0.2) is 19.5 Å². The van der Waals surface area contributed by atoms with Gasteiger partial charge < -0.3 is 9.47 Å². The minimum absolute atomic E-state index is 0.120. The van der Waals surface area contributed by atoms with Crippen molar-refractivity contribution in [2.75, 3.05) is 13.7 Å². The average Bonchev–Trinajstić information content (AvgIpc) is 2.58. The monoisotopic (exact) mass is 325 g/mol. The van der Waals surface area contributed by atoms with E-state index in [0.29, 0.717) is 17.1 Å². The second-order valence-electron chi connectivity index (χ2n) is 7.88. The highest BCUT2D eigenvalue weighted by molar-refractivity contribution is 5.86. The summed E-state index contributed by atoms with van der Waals surface area (Å²) in [5.74, 6) is 3.62. The molecule has 0 amide bonds. The number of benzene rings is 1. The lowest BCUT2D eigenvalue weighted by Gasteiger charge is -2.55. The van der Waals surface area contributed by atoms with Crippen LogP contribution in [0.15, 0.2) is 18.2 Å². The van der Waals surface area contributed by atoms with Crippen molar-refractivity contribution < 1.29 is 14.3 Å². The molecular formula is C20H23NO3. The number of methoxy groups -OCH3 is 1. The summed E-state index contributed by atoms with van der Waals surface area (Å²) in [7, 11) is 1.53. The lowest BCUT2D eigenvalue weighted by Crippen LogP contribution is -2.51. The van der Waals surface area contributed by atoms with Gasteiger partial charge in [0.1, 0.15) is 24.2 Å². The zero-order valence-corrected chi connectivity index (χ0v) is 14.1. The van der Waals surface area contributed by atoms with Crippen molar-refractivity contribution in [1.82, 2.24) is 0 Å². The Morgan fingerprint density at radius 3 is 2.38 bits per heavy atom. The van der Waals surface area contributed by atoms with Gasteiger partial charge in [0.05, 0.1) is 12.7 Å². The number of ketones is 1. The van der Waals surface area contributed by atoms with Crippen LogP contribution in [0.1, 0.15) is 44.1 Å². The van der Waals surface area contributed by atoms with Crippen LogP contribution in [0.25, 0.3) is 0 Å². The van der Waals surface area contributed by atoms with Crippen LogP contribution in [0.3, 0.4) is 0 Å². The van der Waals surface area contributed by atoms with E-state index in [1.54, 1.807) is 18.2 Å². The van der Waals surface area contributed by atoms with Gasteiger partial charge in [-0.1, -0.05) is 0 Å². The molecule has 5 rings (SSSR count). The first kappa shape index (κ1) is 15.5. The number of hydrogen-bond donors (Lipinski definition) is 0. The highest BCUT2D eigenvalue weighted by Crippen LogP contribution is 2.60. The molecule has 24 heavy (non-hydrogen) atoms. The highest BCUT2D eigenvalue weighted by atomic mass is 16.5. The van der Waals surface area contributed by atoms with Gasteiger partial charge in [-0.25, -0.2) is 0 Å². The molecule has 4 fully saturated rings.